The van der Waals surface area contributed by atoms with Crippen LogP contribution >= 0.6 is 0 Å². The van der Waals surface area contributed by atoms with Gasteiger partial charge < -0.3 is 5.11 Å². The molecule has 14 heavy (non-hydrogen) atoms. The van der Waals surface area contributed by atoms with Gasteiger partial charge in [0.15, 0.2) is 4.33 Å². The quantitative estimate of drug-likeness (QED) is 0.304. The number of hydrogen-bond acceptors (Lipinski definition) is 7. The Morgan fingerprint density at radius 2 is 1.86 bits per heavy atom. The molecule has 84 valence electrons. The van der Waals surface area contributed by atoms with Gasteiger partial charge in [0.05, 0.1) is 6.26 Å². The zero-order chi connectivity index (χ0) is 11.6. The van der Waals surface area contributed by atoms with Gasteiger partial charge in [-0.3, -0.25) is 0 Å². The van der Waals surface area contributed by atoms with Gasteiger partial charge in [-0.25, -0.2) is 18.5 Å². The van der Waals surface area contributed by atoms with E-state index in [1.807, 2.05) is 0 Å². The molecule has 0 saturated heterocycles. The monoisotopic (exact) mass is 249 g/mol. The summed E-state index contributed by atoms with van der Waals surface area (Å²) in [6, 6.07) is 0. The molecule has 12 heteroatoms. The molecule has 0 aliphatic carbocycles. The number of aliphatic hydroxyl groups excluding tert-OH is 1. The van der Waals surface area contributed by atoms with E-state index in [-0.39, 0.29) is 0 Å². The van der Waals surface area contributed by atoms with Crippen molar-refractivity contribution < 1.29 is 26.3 Å². The molecule has 0 atom stereocenters. The number of hydrogen-bond donors (Lipinski definition) is 2. The molecule has 0 unspecified atom stereocenters. The fourth-order valence-electron chi connectivity index (χ4n) is 0.414. The van der Waals surface area contributed by atoms with Crippen LogP contribution in [0, 0.1) is 10.1 Å². The highest BCUT2D eigenvalue weighted by Crippen LogP contribution is 1.97. The van der Waals surface area contributed by atoms with Crippen molar-refractivity contribution in [1.82, 2.24) is 9.25 Å². The number of nitrogens with one attached hydrogen (secondary N) is 1. The van der Waals surface area contributed by atoms with Crippen LogP contribution in [-0.2, 0) is 20.2 Å². The first-order valence-electron chi connectivity index (χ1n) is 2.87. The van der Waals surface area contributed by atoms with Crippen molar-refractivity contribution in [3.05, 3.63) is 10.1 Å². The fraction of sp³-hybridized carbons (Fsp3) is 1.00. The van der Waals surface area contributed by atoms with Crippen LogP contribution in [0.2, 0.25) is 0 Å². The third-order valence-electron chi connectivity index (χ3n) is 0.863. The maximum Gasteiger partial charge on any atom is 0.514 e. The minimum atomic E-state index is -5.11. The maximum atomic E-state index is 10.7. The number of nitro groups is 1. The number of hydrazine groups is 1. The van der Waals surface area contributed by atoms with Crippen molar-refractivity contribution in [2.24, 2.45) is 0 Å². The molecule has 0 aromatic rings. The first-order valence-corrected chi connectivity index (χ1v) is 6.15. The second-order valence-electron chi connectivity index (χ2n) is 2.05. The molecule has 0 saturated carbocycles. The van der Waals surface area contributed by atoms with Gasteiger partial charge in [0.25, 0.3) is 0 Å². The standard InChI is InChI=1S/C2H7N3O7S2/c1-13(9,10)3-4(2-6)14(11,12)5(7)8/h3,6H,2H2,1H3. The van der Waals surface area contributed by atoms with Gasteiger partial charge in [-0.1, -0.05) is 0 Å². The molecule has 0 fully saturated rings. The molecule has 0 aromatic carbocycles. The second kappa shape index (κ2) is 4.14. The fourth-order valence-corrected chi connectivity index (χ4v) is 1.93. The van der Waals surface area contributed by atoms with Crippen molar-refractivity contribution >= 4 is 20.2 Å². The van der Waals surface area contributed by atoms with E-state index in [0.717, 1.165) is 0 Å². The Kier molecular flexibility index (Phi) is 3.90. The molecule has 0 rings (SSSR count). The molecule has 10 nitrogen and oxygen atoms in total. The topological polar surface area (TPSA) is 147 Å². The average molecular weight is 249 g/mol. The highest BCUT2D eigenvalue weighted by molar-refractivity contribution is 7.90. The average Bonchev–Trinajstić information content (AvgIpc) is 1.97. The molecule has 0 heterocycles. The van der Waals surface area contributed by atoms with Crippen LogP contribution in [0.25, 0.3) is 0 Å². The normalized spacial score (nSPS) is 13.1. The highest BCUT2D eigenvalue weighted by Gasteiger charge is 2.35. The lowest BCUT2D eigenvalue weighted by Gasteiger charge is -2.12. The molecule has 0 aliphatic heterocycles. The van der Waals surface area contributed by atoms with Gasteiger partial charge >= 0.3 is 10.2 Å². The van der Waals surface area contributed by atoms with Gasteiger partial charge in [-0.2, -0.15) is 0 Å². The van der Waals surface area contributed by atoms with E-state index in [4.69, 9.17) is 5.11 Å². The van der Waals surface area contributed by atoms with Crippen LogP contribution in [0.15, 0.2) is 0 Å². The van der Waals surface area contributed by atoms with E-state index < -0.39 is 35.7 Å². The Morgan fingerprint density at radius 3 is 2.07 bits per heavy atom. The first-order chi connectivity index (χ1) is 6.11. The third-order valence-corrected chi connectivity index (χ3v) is 2.67. The lowest BCUT2D eigenvalue weighted by molar-refractivity contribution is -0.314. The number of rotatable bonds is 5. The summed E-state index contributed by atoms with van der Waals surface area (Å²) in [6.07, 6.45) is 0.575. The summed E-state index contributed by atoms with van der Waals surface area (Å²) in [5, 5.41) is 18.3. The van der Waals surface area contributed by atoms with Crippen LogP contribution in [0.5, 0.6) is 0 Å². The van der Waals surface area contributed by atoms with Crippen LogP contribution in [0.1, 0.15) is 0 Å². The lowest BCUT2D eigenvalue weighted by atomic mass is 11.3. The van der Waals surface area contributed by atoms with Gasteiger partial charge in [0.1, 0.15) is 6.73 Å². The predicted octanol–water partition coefficient (Wildman–Crippen LogP) is -2.78. The van der Waals surface area contributed by atoms with Crippen molar-refractivity contribution in [3.63, 3.8) is 0 Å². The van der Waals surface area contributed by atoms with Crippen molar-refractivity contribution in [1.29, 1.82) is 0 Å². The number of nitrogens with zero attached hydrogens (tertiary/aromatic N) is 2. The zero-order valence-electron chi connectivity index (χ0n) is 6.81. The highest BCUT2D eigenvalue weighted by atomic mass is 32.2. The van der Waals surface area contributed by atoms with Crippen LogP contribution in [0.3, 0.4) is 0 Å². The van der Waals surface area contributed by atoms with Gasteiger partial charge in [-0.05, 0) is 4.41 Å². The Labute approximate surface area is 79.5 Å². The smallest absolute Gasteiger partial charge is 0.378 e. The van der Waals surface area contributed by atoms with Crippen molar-refractivity contribution in [3.8, 4) is 0 Å². The second-order valence-corrected chi connectivity index (χ2v) is 5.42. The minimum absolute atomic E-state index is 0.414. The summed E-state index contributed by atoms with van der Waals surface area (Å²) < 4.78 is 40.2. The molecule has 2 N–H and O–H groups in total. The minimum Gasteiger partial charge on any atom is -0.378 e. The summed E-state index contributed by atoms with van der Waals surface area (Å²) in [5.74, 6) is 0. The van der Waals surface area contributed by atoms with Crippen LogP contribution in [-0.4, -0.2) is 43.7 Å². The molecule has 0 radical (unpaired) electrons. The van der Waals surface area contributed by atoms with Gasteiger partial charge in [0.2, 0.25) is 10.0 Å². The molecular formula is C2H7N3O7S2. The summed E-state index contributed by atoms with van der Waals surface area (Å²) in [5.41, 5.74) is 0. The van der Waals surface area contributed by atoms with E-state index in [0.29, 0.717) is 6.26 Å². The molecular weight excluding hydrogens is 242 g/mol. The predicted molar refractivity (Wildman–Crippen MR) is 42.8 cm³/mol. The van der Waals surface area contributed by atoms with Crippen LogP contribution < -0.4 is 4.83 Å². The Balaban J connectivity index is 5.04. The summed E-state index contributed by atoms with van der Waals surface area (Å²) in [4.78, 5) is 11.2. The molecule has 0 bridgehead atoms. The van der Waals surface area contributed by atoms with Crippen molar-refractivity contribution in [2.75, 3.05) is 13.0 Å². The Bertz CT molecular complexity index is 408. The van der Waals surface area contributed by atoms with E-state index in [1.165, 1.54) is 4.83 Å². The van der Waals surface area contributed by atoms with Crippen LogP contribution in [0.4, 0.5) is 0 Å². The van der Waals surface area contributed by atoms with Crippen molar-refractivity contribution in [2.45, 2.75) is 0 Å². The zero-order valence-corrected chi connectivity index (χ0v) is 8.45. The molecule has 0 amide bonds. The molecule has 0 aromatic heterocycles. The van der Waals surface area contributed by atoms with E-state index in [2.05, 4.69) is 0 Å². The Morgan fingerprint density at radius 1 is 1.43 bits per heavy atom. The van der Waals surface area contributed by atoms with Gasteiger partial charge in [-0.15, -0.1) is 13.2 Å². The van der Waals surface area contributed by atoms with Gasteiger partial charge in [0, 0.05) is 0 Å². The van der Waals surface area contributed by atoms with E-state index in [1.54, 1.807) is 0 Å². The van der Waals surface area contributed by atoms with E-state index in [9.17, 15) is 26.9 Å². The lowest BCUT2D eigenvalue weighted by Crippen LogP contribution is -2.48. The summed E-state index contributed by atoms with van der Waals surface area (Å²) >= 11 is 0. The molecule has 0 spiro atoms. The number of sulfonamides is 1. The summed E-state index contributed by atoms with van der Waals surface area (Å²) in [6.45, 7) is -1.38. The third kappa shape index (κ3) is 3.51. The first kappa shape index (κ1) is 13.2. The largest absolute Gasteiger partial charge is 0.514 e. The number of aliphatic hydroxyl groups is 1. The Hall–Kier alpha value is -0.820. The van der Waals surface area contributed by atoms with E-state index >= 15 is 0 Å². The molecule has 0 aliphatic rings. The maximum absolute atomic E-state index is 10.7. The summed E-state index contributed by atoms with van der Waals surface area (Å²) in [7, 11) is -9.13. The SMILES string of the molecule is CS(=O)(=O)NN(CO)S(=O)(=O)[N+](=O)[O-].